The Labute approximate surface area is 118 Å². The molecule has 1 aliphatic rings. The summed E-state index contributed by atoms with van der Waals surface area (Å²) in [5, 5.41) is 2.90. The van der Waals surface area contributed by atoms with Crippen LogP contribution in [0.2, 0.25) is 0 Å². The third-order valence-corrected chi connectivity index (χ3v) is 4.95. The van der Waals surface area contributed by atoms with Crippen molar-refractivity contribution >= 4 is 10.0 Å². The molecule has 0 heterocycles. The fraction of sp³-hybridized carbons (Fsp3) is 0.538. The van der Waals surface area contributed by atoms with E-state index in [0.29, 0.717) is 19.4 Å². The highest BCUT2D eigenvalue weighted by molar-refractivity contribution is 7.89. The molecule has 7 heteroatoms. The maximum atomic E-state index is 13.8. The molecular weight excluding hydrogens is 283 g/mol. The molecule has 5 nitrogen and oxygen atoms in total. The van der Waals surface area contributed by atoms with Crippen LogP contribution in [0.1, 0.15) is 18.4 Å². The smallest absolute Gasteiger partial charge is 0.243 e. The molecule has 0 radical (unpaired) electrons. The molecule has 0 aliphatic heterocycles. The zero-order valence-corrected chi connectivity index (χ0v) is 12.3. The van der Waals surface area contributed by atoms with Crippen LogP contribution < -0.4 is 10.0 Å². The first kappa shape index (κ1) is 15.4. The summed E-state index contributed by atoms with van der Waals surface area (Å²) in [7, 11) is -0.493. The van der Waals surface area contributed by atoms with E-state index in [1.165, 1.54) is 12.1 Å². The number of methoxy groups -OCH3 is 1. The number of ether oxygens (including phenoxy) is 1. The highest BCUT2D eigenvalue weighted by atomic mass is 32.2. The van der Waals surface area contributed by atoms with Crippen molar-refractivity contribution in [3.05, 3.63) is 29.6 Å². The monoisotopic (exact) mass is 302 g/mol. The first-order chi connectivity index (χ1) is 9.46. The molecule has 1 aromatic carbocycles. The number of hydrogen-bond donors (Lipinski definition) is 2. The van der Waals surface area contributed by atoms with Crippen molar-refractivity contribution in [1.29, 1.82) is 0 Å². The Morgan fingerprint density at radius 2 is 2.10 bits per heavy atom. The average Bonchev–Trinajstić information content (AvgIpc) is 2.35. The van der Waals surface area contributed by atoms with Crippen molar-refractivity contribution in [3.63, 3.8) is 0 Å². The summed E-state index contributed by atoms with van der Waals surface area (Å²) in [6.07, 6.45) is 1.32. The van der Waals surface area contributed by atoms with Crippen LogP contribution in [0.15, 0.2) is 23.1 Å². The molecule has 2 N–H and O–H groups in total. The second-order valence-corrected chi connectivity index (χ2v) is 6.62. The third-order valence-electron chi connectivity index (χ3n) is 3.42. The fourth-order valence-electron chi connectivity index (χ4n) is 2.21. The molecular formula is C13H19FN2O3S. The van der Waals surface area contributed by atoms with Crippen LogP contribution in [0.4, 0.5) is 4.39 Å². The standard InChI is InChI=1S/C13H19FN2O3S/c1-15-8-9-3-4-12(14)13(5-9)20(17,18)16-10-6-11(7-10)19-2/h3-5,10-11,15-16H,6-8H2,1-2H3. The Kier molecular flexibility index (Phi) is 4.74. The SMILES string of the molecule is CNCc1ccc(F)c(S(=O)(=O)NC2CC(OC)C2)c1. The minimum Gasteiger partial charge on any atom is -0.381 e. The van der Waals surface area contributed by atoms with Crippen LogP contribution in [0.25, 0.3) is 0 Å². The molecule has 0 amide bonds. The van der Waals surface area contributed by atoms with Gasteiger partial charge < -0.3 is 10.1 Å². The van der Waals surface area contributed by atoms with Crippen LogP contribution in [-0.2, 0) is 21.3 Å². The Hall–Kier alpha value is -1.02. The number of halogens is 1. The van der Waals surface area contributed by atoms with Crippen molar-refractivity contribution in [2.24, 2.45) is 0 Å². The molecule has 0 bridgehead atoms. The van der Waals surface area contributed by atoms with Gasteiger partial charge in [0.15, 0.2) is 0 Å². The van der Waals surface area contributed by atoms with Gasteiger partial charge in [0.05, 0.1) is 6.10 Å². The highest BCUT2D eigenvalue weighted by Crippen LogP contribution is 2.25. The quantitative estimate of drug-likeness (QED) is 0.823. The second-order valence-electron chi connectivity index (χ2n) is 4.94. The summed E-state index contributed by atoms with van der Waals surface area (Å²) in [5.41, 5.74) is 0.720. The summed E-state index contributed by atoms with van der Waals surface area (Å²) in [4.78, 5) is -0.300. The molecule has 0 spiro atoms. The van der Waals surface area contributed by atoms with Crippen molar-refractivity contribution in [3.8, 4) is 0 Å². The third kappa shape index (κ3) is 3.35. The molecule has 1 aromatic rings. The van der Waals surface area contributed by atoms with Gasteiger partial charge in [0, 0.05) is 19.7 Å². The maximum absolute atomic E-state index is 13.8. The minimum atomic E-state index is -3.83. The Balaban J connectivity index is 2.14. The maximum Gasteiger partial charge on any atom is 0.243 e. The van der Waals surface area contributed by atoms with Gasteiger partial charge in [-0.2, -0.15) is 0 Å². The molecule has 20 heavy (non-hydrogen) atoms. The number of sulfonamides is 1. The summed E-state index contributed by atoms with van der Waals surface area (Å²) < 4.78 is 45.8. The minimum absolute atomic E-state index is 0.0863. The van der Waals surface area contributed by atoms with Crippen LogP contribution >= 0.6 is 0 Å². The van der Waals surface area contributed by atoms with Gasteiger partial charge >= 0.3 is 0 Å². The van der Waals surface area contributed by atoms with E-state index < -0.39 is 15.8 Å². The zero-order valence-electron chi connectivity index (χ0n) is 11.5. The lowest BCUT2D eigenvalue weighted by Crippen LogP contribution is -2.47. The predicted molar refractivity (Wildman–Crippen MR) is 73.3 cm³/mol. The summed E-state index contributed by atoms with van der Waals surface area (Å²) in [5.74, 6) is -0.736. The molecule has 1 saturated carbocycles. The topological polar surface area (TPSA) is 67.4 Å². The number of nitrogens with one attached hydrogen (secondary N) is 2. The molecule has 112 valence electrons. The van der Waals surface area contributed by atoms with Crippen molar-refractivity contribution in [2.45, 2.75) is 36.4 Å². The lowest BCUT2D eigenvalue weighted by molar-refractivity contribution is 0.0236. The van der Waals surface area contributed by atoms with Crippen LogP contribution in [-0.4, -0.2) is 34.7 Å². The van der Waals surface area contributed by atoms with Gasteiger partial charge in [-0.1, -0.05) is 6.07 Å². The number of hydrogen-bond acceptors (Lipinski definition) is 4. The van der Waals surface area contributed by atoms with E-state index in [2.05, 4.69) is 10.0 Å². The van der Waals surface area contributed by atoms with Gasteiger partial charge in [-0.25, -0.2) is 17.5 Å². The van der Waals surface area contributed by atoms with Gasteiger partial charge in [-0.15, -0.1) is 0 Å². The van der Waals surface area contributed by atoms with Gasteiger partial charge in [-0.05, 0) is 37.6 Å². The van der Waals surface area contributed by atoms with E-state index in [4.69, 9.17) is 4.74 Å². The lowest BCUT2D eigenvalue weighted by atomic mass is 9.90. The number of benzene rings is 1. The van der Waals surface area contributed by atoms with Gasteiger partial charge in [0.1, 0.15) is 10.7 Å². The summed E-state index contributed by atoms with van der Waals surface area (Å²) in [6.45, 7) is 0.484. The van der Waals surface area contributed by atoms with Crippen LogP contribution in [0.5, 0.6) is 0 Å². The fourth-order valence-corrected chi connectivity index (χ4v) is 3.59. The largest absolute Gasteiger partial charge is 0.381 e. The first-order valence-corrected chi connectivity index (χ1v) is 7.92. The van der Waals surface area contributed by atoms with Crippen molar-refractivity contribution < 1.29 is 17.5 Å². The molecule has 1 aliphatic carbocycles. The van der Waals surface area contributed by atoms with E-state index in [0.717, 1.165) is 5.56 Å². The first-order valence-electron chi connectivity index (χ1n) is 6.44. The van der Waals surface area contributed by atoms with E-state index >= 15 is 0 Å². The van der Waals surface area contributed by atoms with Crippen molar-refractivity contribution in [2.75, 3.05) is 14.2 Å². The molecule has 2 rings (SSSR count). The molecule has 0 aromatic heterocycles. The molecule has 0 unspecified atom stereocenters. The average molecular weight is 302 g/mol. The Bertz CT molecular complexity index is 571. The van der Waals surface area contributed by atoms with Gasteiger partial charge in [-0.3, -0.25) is 0 Å². The Morgan fingerprint density at radius 3 is 2.70 bits per heavy atom. The molecule has 0 saturated heterocycles. The molecule has 1 fully saturated rings. The highest BCUT2D eigenvalue weighted by Gasteiger charge is 2.33. The van der Waals surface area contributed by atoms with E-state index in [-0.39, 0.29) is 17.0 Å². The molecule has 0 atom stereocenters. The summed E-state index contributed by atoms with van der Waals surface area (Å²) >= 11 is 0. The zero-order chi connectivity index (χ0) is 14.8. The van der Waals surface area contributed by atoms with Gasteiger partial charge in [0.25, 0.3) is 0 Å². The van der Waals surface area contributed by atoms with E-state index in [1.807, 2.05) is 0 Å². The van der Waals surface area contributed by atoms with Crippen LogP contribution in [0.3, 0.4) is 0 Å². The van der Waals surface area contributed by atoms with E-state index in [9.17, 15) is 12.8 Å². The normalized spacial score (nSPS) is 22.6. The lowest BCUT2D eigenvalue weighted by Gasteiger charge is -2.34. The summed E-state index contributed by atoms with van der Waals surface area (Å²) in [6, 6.07) is 3.92. The second kappa shape index (κ2) is 6.17. The predicted octanol–water partition coefficient (Wildman–Crippen LogP) is 1.00. The number of rotatable bonds is 6. The van der Waals surface area contributed by atoms with Crippen molar-refractivity contribution in [1.82, 2.24) is 10.0 Å². The van der Waals surface area contributed by atoms with Crippen LogP contribution in [0, 0.1) is 5.82 Å². The van der Waals surface area contributed by atoms with E-state index in [1.54, 1.807) is 20.2 Å². The Morgan fingerprint density at radius 1 is 1.40 bits per heavy atom. The van der Waals surface area contributed by atoms with Gasteiger partial charge in [0.2, 0.25) is 10.0 Å².